The quantitative estimate of drug-likeness (QED) is 0.808. The van der Waals surface area contributed by atoms with Gasteiger partial charge in [-0.3, -0.25) is 0 Å². The highest BCUT2D eigenvalue weighted by Gasteiger charge is 2.14. The Morgan fingerprint density at radius 3 is 2.67 bits per heavy atom. The van der Waals surface area contributed by atoms with Gasteiger partial charge < -0.3 is 4.74 Å². The van der Waals surface area contributed by atoms with Crippen molar-refractivity contribution in [2.75, 3.05) is 6.61 Å². The van der Waals surface area contributed by atoms with E-state index in [9.17, 15) is 9.65 Å². The summed E-state index contributed by atoms with van der Waals surface area (Å²) in [5.74, 6) is -0.385. The van der Waals surface area contributed by atoms with Gasteiger partial charge in [0.05, 0.1) is 18.6 Å². The molecule has 0 radical (unpaired) electrons. The zero-order chi connectivity index (χ0) is 15.2. The van der Waals surface area contributed by atoms with Crippen LogP contribution in [0.25, 0.3) is 0 Å². The minimum absolute atomic E-state index is 0.232. The van der Waals surface area contributed by atoms with Crippen molar-refractivity contribution in [3.05, 3.63) is 65.0 Å². The Bertz CT molecular complexity index is 661. The van der Waals surface area contributed by atoms with Gasteiger partial charge in [0.1, 0.15) is 0 Å². The largest absolute Gasteiger partial charge is 0.490 e. The summed E-state index contributed by atoms with van der Waals surface area (Å²) >= 11 is 0. The molecule has 21 heavy (non-hydrogen) atoms. The molecule has 0 saturated carbocycles. The van der Waals surface area contributed by atoms with Gasteiger partial charge in [-0.2, -0.15) is 5.26 Å². The van der Waals surface area contributed by atoms with Gasteiger partial charge in [-0.25, -0.2) is 4.39 Å². The molecule has 2 aromatic carbocycles. The minimum Gasteiger partial charge on any atom is -0.490 e. The molecule has 0 saturated heterocycles. The molecule has 0 heterocycles. The molecule has 2 rings (SSSR count). The average molecular weight is 283 g/mol. The fourth-order valence-corrected chi connectivity index (χ4v) is 2.27. The monoisotopic (exact) mass is 283 g/mol. The van der Waals surface area contributed by atoms with Crippen molar-refractivity contribution in [2.45, 2.75) is 26.2 Å². The van der Waals surface area contributed by atoms with E-state index in [4.69, 9.17) is 4.74 Å². The maximum Gasteiger partial charge on any atom is 0.165 e. The molecular formula is C18H18FNO. The van der Waals surface area contributed by atoms with Gasteiger partial charge in [-0.1, -0.05) is 35.9 Å². The third-order valence-electron chi connectivity index (χ3n) is 3.47. The van der Waals surface area contributed by atoms with E-state index in [0.717, 1.165) is 16.7 Å². The second-order valence-electron chi connectivity index (χ2n) is 5.11. The Morgan fingerprint density at radius 1 is 1.19 bits per heavy atom. The van der Waals surface area contributed by atoms with Crippen molar-refractivity contribution in [2.24, 2.45) is 0 Å². The second-order valence-corrected chi connectivity index (χ2v) is 5.11. The third-order valence-corrected chi connectivity index (χ3v) is 3.47. The van der Waals surface area contributed by atoms with Gasteiger partial charge in [0.25, 0.3) is 0 Å². The molecule has 108 valence electrons. The van der Waals surface area contributed by atoms with Gasteiger partial charge in [-0.05, 0) is 37.1 Å². The predicted molar refractivity (Wildman–Crippen MR) is 80.8 cm³/mol. The SMILES string of the molecule is Cc1ccc(C)c(C(C#N)CCOc2ccccc2F)c1. The van der Waals surface area contributed by atoms with Gasteiger partial charge >= 0.3 is 0 Å². The van der Waals surface area contributed by atoms with Gasteiger partial charge in [-0.15, -0.1) is 0 Å². The zero-order valence-corrected chi connectivity index (χ0v) is 12.3. The maximum atomic E-state index is 13.4. The summed E-state index contributed by atoms with van der Waals surface area (Å²) < 4.78 is 18.9. The Labute approximate surface area is 124 Å². The van der Waals surface area contributed by atoms with Crippen molar-refractivity contribution < 1.29 is 9.13 Å². The number of rotatable bonds is 5. The Morgan fingerprint density at radius 2 is 1.95 bits per heavy atom. The molecule has 0 aliphatic rings. The van der Waals surface area contributed by atoms with Crippen molar-refractivity contribution in [1.29, 1.82) is 5.26 Å². The fourth-order valence-electron chi connectivity index (χ4n) is 2.27. The van der Waals surface area contributed by atoms with Crippen LogP contribution in [-0.2, 0) is 0 Å². The number of ether oxygens (including phenoxy) is 1. The molecule has 1 unspecified atom stereocenters. The number of halogens is 1. The summed E-state index contributed by atoms with van der Waals surface area (Å²) in [5, 5.41) is 9.37. The molecule has 0 aliphatic heterocycles. The Hall–Kier alpha value is -2.34. The highest BCUT2D eigenvalue weighted by Crippen LogP contribution is 2.24. The fraction of sp³-hybridized carbons (Fsp3) is 0.278. The normalized spacial score (nSPS) is 11.7. The highest BCUT2D eigenvalue weighted by molar-refractivity contribution is 5.36. The Kier molecular flexibility index (Phi) is 4.94. The molecule has 0 N–H and O–H groups in total. The molecule has 0 aliphatic carbocycles. The van der Waals surface area contributed by atoms with Crippen molar-refractivity contribution in [1.82, 2.24) is 0 Å². The van der Waals surface area contributed by atoms with Crippen LogP contribution >= 0.6 is 0 Å². The van der Waals surface area contributed by atoms with Crippen LogP contribution in [0.2, 0.25) is 0 Å². The lowest BCUT2D eigenvalue weighted by molar-refractivity contribution is 0.291. The molecule has 3 heteroatoms. The molecule has 0 amide bonds. The molecule has 2 nitrogen and oxygen atoms in total. The first-order valence-electron chi connectivity index (χ1n) is 6.96. The highest BCUT2D eigenvalue weighted by atomic mass is 19.1. The summed E-state index contributed by atoms with van der Waals surface area (Å²) in [7, 11) is 0. The van der Waals surface area contributed by atoms with E-state index in [1.165, 1.54) is 6.07 Å². The predicted octanol–water partition coefficient (Wildman–Crippen LogP) is 4.52. The molecule has 0 fully saturated rings. The van der Waals surface area contributed by atoms with Crippen LogP contribution in [0.3, 0.4) is 0 Å². The van der Waals surface area contributed by atoms with Crippen LogP contribution in [0.15, 0.2) is 42.5 Å². The van der Waals surface area contributed by atoms with Crippen LogP contribution in [0.1, 0.15) is 29.0 Å². The van der Waals surface area contributed by atoms with Gasteiger partial charge in [0.2, 0.25) is 0 Å². The standard InChI is InChI=1S/C18H18FNO/c1-13-7-8-14(2)16(11-13)15(12-20)9-10-21-18-6-4-3-5-17(18)19/h3-8,11,15H,9-10H2,1-2H3. The third kappa shape index (κ3) is 3.82. The topological polar surface area (TPSA) is 33.0 Å². The van der Waals surface area contributed by atoms with E-state index in [2.05, 4.69) is 6.07 Å². The van der Waals surface area contributed by atoms with Crippen LogP contribution in [0, 0.1) is 31.0 Å². The number of para-hydroxylation sites is 1. The lowest BCUT2D eigenvalue weighted by Crippen LogP contribution is -2.07. The van der Waals surface area contributed by atoms with E-state index < -0.39 is 0 Å². The van der Waals surface area contributed by atoms with Gasteiger partial charge in [0.15, 0.2) is 11.6 Å². The molecule has 2 aromatic rings. The number of nitrogens with zero attached hydrogens (tertiary/aromatic N) is 1. The van der Waals surface area contributed by atoms with E-state index in [1.807, 2.05) is 32.0 Å². The first-order valence-corrected chi connectivity index (χ1v) is 6.96. The summed E-state index contributed by atoms with van der Waals surface area (Å²) in [5.41, 5.74) is 3.25. The number of hydrogen-bond donors (Lipinski definition) is 0. The van der Waals surface area contributed by atoms with Crippen LogP contribution in [0.4, 0.5) is 4.39 Å². The number of aryl methyl sites for hydroxylation is 2. The lowest BCUT2D eigenvalue weighted by Gasteiger charge is -2.14. The molecular weight excluding hydrogens is 265 g/mol. The molecule has 0 spiro atoms. The second kappa shape index (κ2) is 6.90. The first-order chi connectivity index (χ1) is 10.1. The summed E-state index contributed by atoms with van der Waals surface area (Å²) in [6, 6.07) is 14.7. The molecule has 0 bridgehead atoms. The summed E-state index contributed by atoms with van der Waals surface area (Å²) in [4.78, 5) is 0. The van der Waals surface area contributed by atoms with E-state index in [0.29, 0.717) is 13.0 Å². The van der Waals surface area contributed by atoms with Crippen LogP contribution in [0.5, 0.6) is 5.75 Å². The van der Waals surface area contributed by atoms with Crippen molar-refractivity contribution in [3.63, 3.8) is 0 Å². The van der Waals surface area contributed by atoms with Crippen LogP contribution < -0.4 is 4.74 Å². The number of benzene rings is 2. The Balaban J connectivity index is 2.02. The minimum atomic E-state index is -0.377. The van der Waals surface area contributed by atoms with Gasteiger partial charge in [0, 0.05) is 6.42 Å². The number of hydrogen-bond acceptors (Lipinski definition) is 2. The van der Waals surface area contributed by atoms with E-state index in [1.54, 1.807) is 18.2 Å². The summed E-state index contributed by atoms with van der Waals surface area (Å²) in [6.07, 6.45) is 0.537. The van der Waals surface area contributed by atoms with Crippen LogP contribution in [-0.4, -0.2) is 6.61 Å². The first kappa shape index (κ1) is 15.1. The maximum absolute atomic E-state index is 13.4. The van der Waals surface area contributed by atoms with E-state index >= 15 is 0 Å². The van der Waals surface area contributed by atoms with Crippen molar-refractivity contribution in [3.8, 4) is 11.8 Å². The lowest BCUT2D eigenvalue weighted by atomic mass is 9.92. The smallest absolute Gasteiger partial charge is 0.165 e. The zero-order valence-electron chi connectivity index (χ0n) is 12.3. The molecule has 1 atom stereocenters. The summed E-state index contributed by atoms with van der Waals surface area (Å²) in [6.45, 7) is 4.32. The average Bonchev–Trinajstić information content (AvgIpc) is 2.48. The number of nitriles is 1. The molecule has 0 aromatic heterocycles. The van der Waals surface area contributed by atoms with Crippen molar-refractivity contribution >= 4 is 0 Å². The van der Waals surface area contributed by atoms with E-state index in [-0.39, 0.29) is 17.5 Å².